The lowest BCUT2D eigenvalue weighted by molar-refractivity contribution is 0.0786. The van der Waals surface area contributed by atoms with Crippen molar-refractivity contribution in [1.82, 2.24) is 20.2 Å². The van der Waals surface area contributed by atoms with E-state index in [1.165, 1.54) is 18.3 Å². The zero-order valence-corrected chi connectivity index (χ0v) is 20.3. The van der Waals surface area contributed by atoms with Crippen molar-refractivity contribution in [2.75, 3.05) is 20.1 Å². The van der Waals surface area contributed by atoms with E-state index in [1.54, 1.807) is 30.4 Å². The minimum absolute atomic E-state index is 0.144. The van der Waals surface area contributed by atoms with Gasteiger partial charge in [0, 0.05) is 54.7 Å². The second-order valence-electron chi connectivity index (χ2n) is 9.35. The number of likely N-dealkylation sites (N-methyl/N-ethyl adjacent to an activating group) is 1. The van der Waals surface area contributed by atoms with Gasteiger partial charge in [0.05, 0.1) is 16.6 Å². The summed E-state index contributed by atoms with van der Waals surface area (Å²) in [5, 5.41) is 13.4. The number of hydrogen-bond acceptors (Lipinski definition) is 5. The molecule has 1 aliphatic heterocycles. The number of benzene rings is 2. The van der Waals surface area contributed by atoms with Gasteiger partial charge in [-0.1, -0.05) is 12.1 Å². The highest BCUT2D eigenvalue weighted by Gasteiger charge is 2.25. The molecule has 36 heavy (non-hydrogen) atoms. The zero-order chi connectivity index (χ0) is 25.2. The van der Waals surface area contributed by atoms with Crippen LogP contribution in [0.15, 0.2) is 61.1 Å². The van der Waals surface area contributed by atoms with Gasteiger partial charge in [-0.25, -0.2) is 4.39 Å². The quantitative estimate of drug-likeness (QED) is 0.430. The molecule has 1 fully saturated rings. The molecule has 5 rings (SSSR count). The van der Waals surface area contributed by atoms with Gasteiger partial charge in [-0.3, -0.25) is 14.8 Å². The molecule has 1 amide bonds. The van der Waals surface area contributed by atoms with Gasteiger partial charge in [0.2, 0.25) is 0 Å². The Labute approximate surface area is 209 Å². The molecule has 0 saturated carbocycles. The van der Waals surface area contributed by atoms with E-state index in [9.17, 15) is 14.4 Å². The lowest BCUT2D eigenvalue weighted by Crippen LogP contribution is -2.38. The van der Waals surface area contributed by atoms with E-state index in [2.05, 4.69) is 21.4 Å². The molecule has 180 valence electrons. The van der Waals surface area contributed by atoms with Crippen LogP contribution in [0.3, 0.4) is 0 Å². The van der Waals surface area contributed by atoms with Crippen molar-refractivity contribution in [2.45, 2.75) is 25.8 Å². The van der Waals surface area contributed by atoms with Crippen molar-refractivity contribution >= 4 is 16.8 Å². The van der Waals surface area contributed by atoms with Crippen LogP contribution in [0.2, 0.25) is 0 Å². The number of amides is 1. The summed E-state index contributed by atoms with van der Waals surface area (Å²) < 4.78 is 14.4. The Kier molecular flexibility index (Phi) is 6.45. The summed E-state index contributed by atoms with van der Waals surface area (Å²) in [5.74, 6) is -0.505. The third kappa shape index (κ3) is 4.68. The van der Waals surface area contributed by atoms with Gasteiger partial charge in [0.1, 0.15) is 11.9 Å². The standard InChI is InChI=1S/C29H26FN5O/c1-18-8-21(11-23(30)9-18)26-16-34-27-6-5-20(22-10-19(13-31)14-32-15-22)12-25(27)28(26)29(36)35(2)17-24-4-3-7-33-24/h5-6,8-12,14-16,24,33H,3-4,7,17H2,1-2H3/t24-/m0/s1. The molecule has 1 aliphatic rings. The minimum Gasteiger partial charge on any atom is -0.340 e. The Hall–Kier alpha value is -4.15. The number of nitriles is 1. The molecule has 0 unspecified atom stereocenters. The molecular weight excluding hydrogens is 453 g/mol. The minimum atomic E-state index is -0.361. The number of nitrogens with zero attached hydrogens (tertiary/aromatic N) is 4. The molecule has 0 radical (unpaired) electrons. The molecule has 1 atom stereocenters. The molecule has 4 aromatic rings. The van der Waals surface area contributed by atoms with Crippen LogP contribution in [0.1, 0.15) is 34.3 Å². The first-order valence-corrected chi connectivity index (χ1v) is 12.0. The smallest absolute Gasteiger partial charge is 0.255 e. The van der Waals surface area contributed by atoms with Crippen LogP contribution in [0.4, 0.5) is 4.39 Å². The predicted molar refractivity (Wildman–Crippen MR) is 138 cm³/mol. The van der Waals surface area contributed by atoms with Crippen molar-refractivity contribution in [3.8, 4) is 28.3 Å². The Bertz CT molecular complexity index is 1480. The Morgan fingerprint density at radius 3 is 2.75 bits per heavy atom. The fourth-order valence-electron chi connectivity index (χ4n) is 4.89. The summed E-state index contributed by atoms with van der Waals surface area (Å²) in [6.45, 7) is 3.36. The van der Waals surface area contributed by atoms with Crippen molar-refractivity contribution in [1.29, 1.82) is 5.26 Å². The van der Waals surface area contributed by atoms with E-state index in [1.807, 2.05) is 31.2 Å². The number of carbonyl (C=O) groups excluding carboxylic acids is 1. The summed E-state index contributed by atoms with van der Waals surface area (Å²) in [7, 11) is 1.80. The maximum Gasteiger partial charge on any atom is 0.255 e. The molecule has 6 nitrogen and oxygen atoms in total. The molecule has 1 N–H and O–H groups in total. The Morgan fingerprint density at radius 2 is 2.00 bits per heavy atom. The van der Waals surface area contributed by atoms with Gasteiger partial charge in [-0.15, -0.1) is 0 Å². The third-order valence-electron chi connectivity index (χ3n) is 6.64. The molecule has 2 aromatic heterocycles. The molecule has 0 aliphatic carbocycles. The average Bonchev–Trinajstić information content (AvgIpc) is 3.39. The van der Waals surface area contributed by atoms with E-state index < -0.39 is 0 Å². The molecular formula is C29H26FN5O. The molecule has 0 bridgehead atoms. The normalized spacial score (nSPS) is 15.1. The number of hydrogen-bond donors (Lipinski definition) is 1. The first-order chi connectivity index (χ1) is 17.4. The van der Waals surface area contributed by atoms with Gasteiger partial charge in [0.25, 0.3) is 5.91 Å². The molecule has 0 spiro atoms. The van der Waals surface area contributed by atoms with E-state index >= 15 is 0 Å². The van der Waals surface area contributed by atoms with Crippen LogP contribution < -0.4 is 5.32 Å². The van der Waals surface area contributed by atoms with Gasteiger partial charge in [-0.05, 0) is 73.3 Å². The summed E-state index contributed by atoms with van der Waals surface area (Å²) in [6, 6.07) is 14.6. The second-order valence-corrected chi connectivity index (χ2v) is 9.35. The fraction of sp³-hybridized carbons (Fsp3) is 0.241. The largest absolute Gasteiger partial charge is 0.340 e. The summed E-state index contributed by atoms with van der Waals surface area (Å²) in [6.07, 6.45) is 6.98. The third-order valence-corrected chi connectivity index (χ3v) is 6.64. The van der Waals surface area contributed by atoms with Crippen LogP contribution in [0.5, 0.6) is 0 Å². The zero-order valence-electron chi connectivity index (χ0n) is 20.3. The van der Waals surface area contributed by atoms with Gasteiger partial charge < -0.3 is 10.2 Å². The molecule has 3 heterocycles. The van der Waals surface area contributed by atoms with Crippen molar-refractivity contribution < 1.29 is 9.18 Å². The SMILES string of the molecule is Cc1cc(F)cc(-c2cnc3ccc(-c4cncc(C#N)c4)cc3c2C(=O)N(C)C[C@@H]2CCCN2)c1. The number of pyridine rings is 2. The van der Waals surface area contributed by atoms with E-state index in [4.69, 9.17) is 0 Å². The van der Waals surface area contributed by atoms with Crippen LogP contribution in [0.25, 0.3) is 33.2 Å². The number of carbonyl (C=O) groups is 1. The summed E-state index contributed by atoms with van der Waals surface area (Å²) in [5.41, 5.74) is 5.14. The van der Waals surface area contributed by atoms with Crippen LogP contribution in [-0.4, -0.2) is 47.0 Å². The van der Waals surface area contributed by atoms with Gasteiger partial charge in [-0.2, -0.15) is 5.26 Å². The van der Waals surface area contributed by atoms with Crippen LogP contribution in [0, 0.1) is 24.1 Å². The van der Waals surface area contributed by atoms with Crippen molar-refractivity contribution in [3.63, 3.8) is 0 Å². The molecule has 1 saturated heterocycles. The van der Waals surface area contributed by atoms with E-state index in [-0.39, 0.29) is 17.8 Å². The number of aryl methyl sites for hydroxylation is 1. The van der Waals surface area contributed by atoms with E-state index in [0.29, 0.717) is 39.7 Å². The number of halogens is 1. The van der Waals surface area contributed by atoms with Crippen LogP contribution in [-0.2, 0) is 0 Å². The van der Waals surface area contributed by atoms with E-state index in [0.717, 1.165) is 36.1 Å². The predicted octanol–water partition coefficient (Wildman–Crippen LogP) is 5.11. The number of aromatic nitrogens is 2. The van der Waals surface area contributed by atoms with Crippen molar-refractivity contribution in [3.05, 3.63) is 83.6 Å². The summed E-state index contributed by atoms with van der Waals surface area (Å²) >= 11 is 0. The molecule has 7 heteroatoms. The van der Waals surface area contributed by atoms with Crippen LogP contribution >= 0.6 is 0 Å². The highest BCUT2D eigenvalue weighted by Crippen LogP contribution is 2.33. The summed E-state index contributed by atoms with van der Waals surface area (Å²) in [4.78, 5) is 24.5. The topological polar surface area (TPSA) is 81.9 Å². The highest BCUT2D eigenvalue weighted by molar-refractivity contribution is 6.12. The maximum absolute atomic E-state index is 14.4. The maximum atomic E-state index is 14.4. The highest BCUT2D eigenvalue weighted by atomic mass is 19.1. The van der Waals surface area contributed by atoms with Gasteiger partial charge in [0.15, 0.2) is 0 Å². The lowest BCUT2D eigenvalue weighted by atomic mass is 9.93. The Morgan fingerprint density at radius 1 is 1.14 bits per heavy atom. The Balaban J connectivity index is 1.69. The first kappa shape index (κ1) is 23.6. The monoisotopic (exact) mass is 479 g/mol. The first-order valence-electron chi connectivity index (χ1n) is 12.0. The molecule has 2 aromatic carbocycles. The number of nitrogens with one attached hydrogen (secondary N) is 1. The lowest BCUT2D eigenvalue weighted by Gasteiger charge is -2.24. The number of fused-ring (bicyclic) bond motifs is 1. The average molecular weight is 480 g/mol. The van der Waals surface area contributed by atoms with Crippen molar-refractivity contribution in [2.24, 2.45) is 0 Å². The number of rotatable bonds is 5. The second kappa shape index (κ2) is 9.84. The van der Waals surface area contributed by atoms with Gasteiger partial charge >= 0.3 is 0 Å². The fourth-order valence-corrected chi connectivity index (χ4v) is 4.89.